The van der Waals surface area contributed by atoms with E-state index in [0.29, 0.717) is 17.8 Å². The van der Waals surface area contributed by atoms with Gasteiger partial charge < -0.3 is 10.2 Å². The third-order valence-corrected chi connectivity index (χ3v) is 3.87. The van der Waals surface area contributed by atoms with Gasteiger partial charge in [0, 0.05) is 38.1 Å². The Kier molecular flexibility index (Phi) is 4.06. The molecule has 0 unspecified atom stereocenters. The molecule has 0 spiro atoms. The van der Waals surface area contributed by atoms with E-state index in [2.05, 4.69) is 10.3 Å². The van der Waals surface area contributed by atoms with Gasteiger partial charge in [0.2, 0.25) is 11.8 Å². The van der Waals surface area contributed by atoms with Gasteiger partial charge in [-0.05, 0) is 29.3 Å². The molecule has 1 aromatic carbocycles. The molecule has 0 fully saturated rings. The van der Waals surface area contributed by atoms with Crippen LogP contribution in [-0.2, 0) is 16.1 Å². The number of anilines is 1. The molecule has 118 valence electrons. The third-order valence-electron chi connectivity index (χ3n) is 3.87. The molecule has 0 radical (unpaired) electrons. The van der Waals surface area contributed by atoms with Crippen LogP contribution in [0.1, 0.15) is 23.5 Å². The highest BCUT2D eigenvalue weighted by Gasteiger charge is 2.32. The summed E-state index contributed by atoms with van der Waals surface area (Å²) in [6.07, 6.45) is 3.43. The van der Waals surface area contributed by atoms with Crippen molar-refractivity contribution in [2.45, 2.75) is 18.9 Å². The highest BCUT2D eigenvalue weighted by molar-refractivity contribution is 6.01. The number of amides is 2. The van der Waals surface area contributed by atoms with Crippen LogP contribution in [0.3, 0.4) is 0 Å². The molecular formula is C17H16FN3O2. The topological polar surface area (TPSA) is 62.3 Å². The molecule has 23 heavy (non-hydrogen) atoms. The average molecular weight is 313 g/mol. The summed E-state index contributed by atoms with van der Waals surface area (Å²) in [5.74, 6) is -1.49. The number of carbonyl (C=O) groups excluding carboxylic acids is 2. The SMILES string of the molecule is CN(Cc1cccnc1)C(=O)[C@@H]1CC(=O)Nc2cc(F)ccc21. The molecule has 2 heterocycles. The quantitative estimate of drug-likeness (QED) is 0.946. The van der Waals surface area contributed by atoms with Crippen LogP contribution in [0.25, 0.3) is 0 Å². The first-order valence-corrected chi connectivity index (χ1v) is 7.28. The summed E-state index contributed by atoms with van der Waals surface area (Å²) in [6, 6.07) is 7.80. The number of nitrogens with zero attached hydrogens (tertiary/aromatic N) is 2. The van der Waals surface area contributed by atoms with Crippen molar-refractivity contribution in [2.75, 3.05) is 12.4 Å². The van der Waals surface area contributed by atoms with E-state index < -0.39 is 11.7 Å². The number of fused-ring (bicyclic) bond motifs is 1. The fraction of sp³-hybridized carbons (Fsp3) is 0.235. The molecule has 2 aromatic rings. The van der Waals surface area contributed by atoms with Crippen molar-refractivity contribution in [3.05, 3.63) is 59.7 Å². The number of hydrogen-bond donors (Lipinski definition) is 1. The summed E-state index contributed by atoms with van der Waals surface area (Å²) in [6.45, 7) is 0.404. The maximum Gasteiger partial charge on any atom is 0.230 e. The van der Waals surface area contributed by atoms with Crippen molar-refractivity contribution in [3.8, 4) is 0 Å². The second kappa shape index (κ2) is 6.16. The smallest absolute Gasteiger partial charge is 0.230 e. The molecule has 0 saturated heterocycles. The Morgan fingerprint density at radius 3 is 3.00 bits per heavy atom. The van der Waals surface area contributed by atoms with Gasteiger partial charge in [-0.25, -0.2) is 4.39 Å². The average Bonchev–Trinajstić information content (AvgIpc) is 2.53. The minimum atomic E-state index is -0.596. The minimum Gasteiger partial charge on any atom is -0.341 e. The second-order valence-electron chi connectivity index (χ2n) is 5.59. The van der Waals surface area contributed by atoms with Crippen LogP contribution in [0.4, 0.5) is 10.1 Å². The van der Waals surface area contributed by atoms with Crippen molar-refractivity contribution < 1.29 is 14.0 Å². The molecule has 0 aliphatic carbocycles. The van der Waals surface area contributed by atoms with Crippen molar-refractivity contribution in [3.63, 3.8) is 0 Å². The number of rotatable bonds is 3. The predicted octanol–water partition coefficient (Wildman–Crippen LogP) is 2.31. The molecular weight excluding hydrogens is 297 g/mol. The Hall–Kier alpha value is -2.76. The number of nitrogens with one attached hydrogen (secondary N) is 1. The lowest BCUT2D eigenvalue weighted by atomic mass is 9.89. The first-order valence-electron chi connectivity index (χ1n) is 7.28. The molecule has 1 N–H and O–H groups in total. The molecule has 1 aliphatic rings. The number of benzene rings is 1. The Morgan fingerprint density at radius 2 is 2.26 bits per heavy atom. The van der Waals surface area contributed by atoms with E-state index in [1.165, 1.54) is 12.1 Å². The summed E-state index contributed by atoms with van der Waals surface area (Å²) in [5, 5.41) is 2.61. The molecule has 0 bridgehead atoms. The molecule has 1 aromatic heterocycles. The first-order chi connectivity index (χ1) is 11.0. The van der Waals surface area contributed by atoms with Gasteiger partial charge in [0.25, 0.3) is 0 Å². The lowest BCUT2D eigenvalue weighted by Crippen LogP contribution is -2.36. The standard InChI is InChI=1S/C17H16FN3O2/c1-21(10-11-3-2-6-19-9-11)17(23)14-8-16(22)20-15-7-12(18)4-5-13(14)15/h2-7,9,14H,8,10H2,1H3,(H,20,22)/t14-/m1/s1. The zero-order chi connectivity index (χ0) is 16.4. The third kappa shape index (κ3) is 3.21. The Bertz CT molecular complexity index is 749. The van der Waals surface area contributed by atoms with E-state index in [9.17, 15) is 14.0 Å². The Morgan fingerprint density at radius 1 is 1.43 bits per heavy atom. The normalized spacial score (nSPS) is 16.4. The van der Waals surface area contributed by atoms with Crippen LogP contribution in [0, 0.1) is 5.82 Å². The van der Waals surface area contributed by atoms with Crippen LogP contribution in [-0.4, -0.2) is 28.7 Å². The predicted molar refractivity (Wildman–Crippen MR) is 83.1 cm³/mol. The molecule has 1 atom stereocenters. The van der Waals surface area contributed by atoms with Gasteiger partial charge >= 0.3 is 0 Å². The molecule has 0 saturated carbocycles. The fourth-order valence-electron chi connectivity index (χ4n) is 2.77. The molecule has 5 nitrogen and oxygen atoms in total. The number of carbonyl (C=O) groups is 2. The van der Waals surface area contributed by atoms with E-state index in [1.54, 1.807) is 36.5 Å². The van der Waals surface area contributed by atoms with Crippen LogP contribution in [0.2, 0.25) is 0 Å². The summed E-state index contributed by atoms with van der Waals surface area (Å²) in [5.41, 5.74) is 1.92. The largest absolute Gasteiger partial charge is 0.341 e. The summed E-state index contributed by atoms with van der Waals surface area (Å²) in [7, 11) is 1.69. The fourth-order valence-corrected chi connectivity index (χ4v) is 2.77. The molecule has 3 rings (SSSR count). The lowest BCUT2D eigenvalue weighted by molar-refractivity contribution is -0.134. The number of aromatic nitrogens is 1. The Balaban J connectivity index is 1.83. The number of pyridine rings is 1. The van der Waals surface area contributed by atoms with Gasteiger partial charge in [-0.1, -0.05) is 12.1 Å². The molecule has 2 amide bonds. The molecule has 6 heteroatoms. The number of likely N-dealkylation sites (N-methyl/N-ethyl adjacent to an activating group) is 1. The summed E-state index contributed by atoms with van der Waals surface area (Å²) >= 11 is 0. The summed E-state index contributed by atoms with van der Waals surface area (Å²) in [4.78, 5) is 30.1. The maximum atomic E-state index is 13.3. The van der Waals surface area contributed by atoms with Crippen molar-refractivity contribution in [1.82, 2.24) is 9.88 Å². The van der Waals surface area contributed by atoms with Crippen molar-refractivity contribution in [2.24, 2.45) is 0 Å². The van der Waals surface area contributed by atoms with Crippen LogP contribution < -0.4 is 5.32 Å². The Labute approximate surface area is 133 Å². The van der Waals surface area contributed by atoms with E-state index in [1.807, 2.05) is 6.07 Å². The highest BCUT2D eigenvalue weighted by Crippen LogP contribution is 2.34. The number of halogens is 1. The van der Waals surface area contributed by atoms with Crippen molar-refractivity contribution in [1.29, 1.82) is 0 Å². The second-order valence-corrected chi connectivity index (χ2v) is 5.59. The van der Waals surface area contributed by atoms with E-state index >= 15 is 0 Å². The first kappa shape index (κ1) is 15.1. The van der Waals surface area contributed by atoms with E-state index in [0.717, 1.165) is 5.56 Å². The number of hydrogen-bond acceptors (Lipinski definition) is 3. The van der Waals surface area contributed by atoms with Crippen LogP contribution in [0.5, 0.6) is 0 Å². The van der Waals surface area contributed by atoms with Gasteiger partial charge in [-0.3, -0.25) is 14.6 Å². The van der Waals surface area contributed by atoms with Crippen LogP contribution in [0.15, 0.2) is 42.7 Å². The zero-order valence-corrected chi connectivity index (χ0v) is 12.6. The zero-order valence-electron chi connectivity index (χ0n) is 12.6. The van der Waals surface area contributed by atoms with Gasteiger partial charge in [0.15, 0.2) is 0 Å². The summed E-state index contributed by atoms with van der Waals surface area (Å²) < 4.78 is 13.3. The monoisotopic (exact) mass is 313 g/mol. The van der Waals surface area contributed by atoms with Crippen molar-refractivity contribution >= 4 is 17.5 Å². The van der Waals surface area contributed by atoms with E-state index in [4.69, 9.17) is 0 Å². The van der Waals surface area contributed by atoms with Gasteiger partial charge in [-0.15, -0.1) is 0 Å². The van der Waals surface area contributed by atoms with E-state index in [-0.39, 0.29) is 18.2 Å². The van der Waals surface area contributed by atoms with Gasteiger partial charge in [-0.2, -0.15) is 0 Å². The van der Waals surface area contributed by atoms with Gasteiger partial charge in [0.05, 0.1) is 5.92 Å². The minimum absolute atomic E-state index is 0.0643. The van der Waals surface area contributed by atoms with Gasteiger partial charge in [0.1, 0.15) is 5.82 Å². The highest BCUT2D eigenvalue weighted by atomic mass is 19.1. The van der Waals surface area contributed by atoms with Crippen LogP contribution >= 0.6 is 0 Å². The lowest BCUT2D eigenvalue weighted by Gasteiger charge is -2.28. The maximum absolute atomic E-state index is 13.3. The molecule has 1 aliphatic heterocycles.